The van der Waals surface area contributed by atoms with E-state index in [0.29, 0.717) is 23.5 Å². The van der Waals surface area contributed by atoms with Gasteiger partial charge in [0.15, 0.2) is 0 Å². The van der Waals surface area contributed by atoms with Gasteiger partial charge in [0.2, 0.25) is 0 Å². The Hall–Kier alpha value is -1.27. The third-order valence-electron chi connectivity index (χ3n) is 8.92. The lowest BCUT2D eigenvalue weighted by molar-refractivity contribution is -0.117. The van der Waals surface area contributed by atoms with Crippen LogP contribution >= 0.6 is 0 Å². The maximum absolute atomic E-state index is 11.0. The van der Waals surface area contributed by atoms with Crippen molar-refractivity contribution in [1.82, 2.24) is 0 Å². The van der Waals surface area contributed by atoms with Crippen molar-refractivity contribution >= 4 is 5.71 Å². The van der Waals surface area contributed by atoms with E-state index in [-0.39, 0.29) is 16.7 Å². The van der Waals surface area contributed by atoms with Gasteiger partial charge in [-0.2, -0.15) is 0 Å². The zero-order chi connectivity index (χ0) is 18.0. The van der Waals surface area contributed by atoms with Gasteiger partial charge in [0.1, 0.15) is 0 Å². The highest BCUT2D eigenvalue weighted by molar-refractivity contribution is 6.00. The number of aliphatic hydroxyl groups is 1. The fourth-order valence-electron chi connectivity index (χ4n) is 7.14. The summed E-state index contributed by atoms with van der Waals surface area (Å²) in [5, 5.41) is 23.8. The molecule has 0 spiro atoms. The van der Waals surface area contributed by atoms with E-state index in [9.17, 15) is 10.3 Å². The standard InChI is InChI=1S/C22H31NO2/c1-5-14-13-20(2)15(12-19(14)23-25)6-7-16-17(20)8-10-21(3)18(16)9-11-22(21,4)24/h1,12,14,16-18,24-25H,6-11,13H2,2-4H3/b23-19+/t14?,16-,17+,18+,20+,21+,22-/m1/s1. The van der Waals surface area contributed by atoms with E-state index in [1.165, 1.54) is 18.4 Å². The fourth-order valence-corrected chi connectivity index (χ4v) is 7.14. The van der Waals surface area contributed by atoms with Crippen molar-refractivity contribution in [3.63, 3.8) is 0 Å². The topological polar surface area (TPSA) is 52.8 Å². The van der Waals surface area contributed by atoms with Crippen molar-refractivity contribution in [3.05, 3.63) is 11.6 Å². The van der Waals surface area contributed by atoms with Gasteiger partial charge in [-0.25, -0.2) is 0 Å². The SMILES string of the molecule is C#CC1C[C@@]2(C)C(=C/C1=N\O)CC[C@@H]1[C@@H]2CC[C@@]2(C)[C@H]1CC[C@@]2(C)O. The molecule has 3 fully saturated rings. The Bertz CT molecular complexity index is 685. The van der Waals surface area contributed by atoms with E-state index in [1.54, 1.807) is 0 Å². The van der Waals surface area contributed by atoms with Crippen LogP contribution in [0.25, 0.3) is 0 Å². The maximum Gasteiger partial charge on any atom is 0.0945 e. The van der Waals surface area contributed by atoms with E-state index >= 15 is 0 Å². The number of allylic oxidation sites excluding steroid dienone is 2. The molecule has 0 saturated heterocycles. The molecule has 0 heterocycles. The normalized spacial score (nSPS) is 53.4. The molecule has 0 aromatic heterocycles. The molecule has 0 aliphatic heterocycles. The molecule has 2 N–H and O–H groups in total. The largest absolute Gasteiger partial charge is 0.411 e. The number of fused-ring (bicyclic) bond motifs is 5. The van der Waals surface area contributed by atoms with Crippen LogP contribution in [0.3, 0.4) is 0 Å². The van der Waals surface area contributed by atoms with Crippen molar-refractivity contribution in [2.24, 2.45) is 39.7 Å². The zero-order valence-electron chi connectivity index (χ0n) is 15.8. The number of hydrogen-bond donors (Lipinski definition) is 2. The summed E-state index contributed by atoms with van der Waals surface area (Å²) in [5.74, 6) is 4.70. The Labute approximate surface area is 151 Å². The van der Waals surface area contributed by atoms with Gasteiger partial charge in [-0.15, -0.1) is 6.42 Å². The monoisotopic (exact) mass is 341 g/mol. The molecule has 0 amide bonds. The lowest BCUT2D eigenvalue weighted by Crippen LogP contribution is -2.54. The number of rotatable bonds is 0. The van der Waals surface area contributed by atoms with Gasteiger partial charge in [-0.05, 0) is 86.5 Å². The van der Waals surface area contributed by atoms with Crippen LogP contribution in [-0.4, -0.2) is 21.6 Å². The Kier molecular flexibility index (Phi) is 3.68. The first kappa shape index (κ1) is 17.2. The smallest absolute Gasteiger partial charge is 0.0945 e. The number of hydrogen-bond acceptors (Lipinski definition) is 3. The number of terminal acetylenes is 1. The van der Waals surface area contributed by atoms with Gasteiger partial charge in [0.05, 0.1) is 17.2 Å². The summed E-state index contributed by atoms with van der Waals surface area (Å²) in [7, 11) is 0. The molecule has 3 heteroatoms. The predicted octanol–water partition coefficient (Wildman–Crippen LogP) is 4.39. The highest BCUT2D eigenvalue weighted by Crippen LogP contribution is 2.67. The molecule has 3 saturated carbocycles. The van der Waals surface area contributed by atoms with Crippen LogP contribution in [-0.2, 0) is 0 Å². The highest BCUT2D eigenvalue weighted by Gasteiger charge is 2.62. The average Bonchev–Trinajstić information content (AvgIpc) is 2.83. The minimum absolute atomic E-state index is 0.0592. The average molecular weight is 341 g/mol. The first-order valence-electron chi connectivity index (χ1n) is 9.88. The first-order valence-corrected chi connectivity index (χ1v) is 9.88. The molecule has 7 atom stereocenters. The molecule has 4 aliphatic carbocycles. The Morgan fingerprint density at radius 2 is 1.88 bits per heavy atom. The second kappa shape index (κ2) is 5.36. The van der Waals surface area contributed by atoms with E-state index in [0.717, 1.165) is 32.1 Å². The van der Waals surface area contributed by atoms with Gasteiger partial charge < -0.3 is 10.3 Å². The predicted molar refractivity (Wildman–Crippen MR) is 99.3 cm³/mol. The molecule has 4 rings (SSSR count). The van der Waals surface area contributed by atoms with Crippen molar-refractivity contribution < 1.29 is 10.3 Å². The lowest BCUT2D eigenvalue weighted by atomic mass is 9.46. The molecular formula is C22H31NO2. The van der Waals surface area contributed by atoms with Gasteiger partial charge in [0, 0.05) is 0 Å². The lowest BCUT2D eigenvalue weighted by Gasteiger charge is -2.59. The molecule has 25 heavy (non-hydrogen) atoms. The van der Waals surface area contributed by atoms with E-state index in [4.69, 9.17) is 6.42 Å². The minimum Gasteiger partial charge on any atom is -0.411 e. The van der Waals surface area contributed by atoms with Crippen LogP contribution in [0.15, 0.2) is 16.8 Å². The number of nitrogens with zero attached hydrogens (tertiary/aromatic N) is 1. The summed E-state index contributed by atoms with van der Waals surface area (Å²) in [6.07, 6.45) is 15.4. The van der Waals surface area contributed by atoms with Crippen LogP contribution in [0, 0.1) is 46.8 Å². The summed E-state index contributed by atoms with van der Waals surface area (Å²) >= 11 is 0. The molecule has 0 bridgehead atoms. The maximum atomic E-state index is 11.0. The van der Waals surface area contributed by atoms with Crippen LogP contribution < -0.4 is 0 Å². The van der Waals surface area contributed by atoms with Gasteiger partial charge in [0.25, 0.3) is 0 Å². The second-order valence-corrected chi connectivity index (χ2v) is 9.72. The van der Waals surface area contributed by atoms with Crippen LogP contribution in [0.4, 0.5) is 0 Å². The quantitative estimate of drug-likeness (QED) is 0.390. The Balaban J connectivity index is 1.71. The molecule has 0 aromatic rings. The Morgan fingerprint density at radius 1 is 1.16 bits per heavy atom. The summed E-state index contributed by atoms with van der Waals surface area (Å²) < 4.78 is 0. The van der Waals surface area contributed by atoms with Crippen LogP contribution in [0.2, 0.25) is 0 Å². The molecule has 4 aliphatic rings. The zero-order valence-corrected chi connectivity index (χ0v) is 15.8. The van der Waals surface area contributed by atoms with Gasteiger partial charge in [-0.3, -0.25) is 0 Å². The van der Waals surface area contributed by atoms with Crippen molar-refractivity contribution in [2.45, 2.75) is 71.3 Å². The van der Waals surface area contributed by atoms with Crippen LogP contribution in [0.5, 0.6) is 0 Å². The third kappa shape index (κ3) is 2.13. The van der Waals surface area contributed by atoms with E-state index < -0.39 is 5.60 Å². The summed E-state index contributed by atoms with van der Waals surface area (Å²) in [5.41, 5.74) is 1.75. The Morgan fingerprint density at radius 3 is 2.56 bits per heavy atom. The highest BCUT2D eigenvalue weighted by atomic mass is 16.4. The molecular weight excluding hydrogens is 310 g/mol. The first-order chi connectivity index (χ1) is 11.8. The summed E-state index contributed by atoms with van der Waals surface area (Å²) in [4.78, 5) is 0. The minimum atomic E-state index is -0.524. The molecule has 1 unspecified atom stereocenters. The molecule has 3 nitrogen and oxygen atoms in total. The summed E-state index contributed by atoms with van der Waals surface area (Å²) in [6.45, 7) is 6.78. The van der Waals surface area contributed by atoms with Crippen molar-refractivity contribution in [2.75, 3.05) is 0 Å². The van der Waals surface area contributed by atoms with Gasteiger partial charge in [-0.1, -0.05) is 30.5 Å². The van der Waals surface area contributed by atoms with E-state index in [1.807, 2.05) is 0 Å². The van der Waals surface area contributed by atoms with Crippen molar-refractivity contribution in [1.29, 1.82) is 0 Å². The molecule has 0 radical (unpaired) electrons. The summed E-state index contributed by atoms with van der Waals surface area (Å²) in [6, 6.07) is 0. The molecule has 0 aromatic carbocycles. The fraction of sp³-hybridized carbons (Fsp3) is 0.773. The van der Waals surface area contributed by atoms with E-state index in [2.05, 4.69) is 37.9 Å². The van der Waals surface area contributed by atoms with Gasteiger partial charge >= 0.3 is 0 Å². The number of oxime groups is 1. The van der Waals surface area contributed by atoms with Crippen LogP contribution in [0.1, 0.15) is 65.7 Å². The third-order valence-corrected chi connectivity index (χ3v) is 8.92. The van der Waals surface area contributed by atoms with Crippen molar-refractivity contribution in [3.8, 4) is 12.3 Å². The second-order valence-electron chi connectivity index (χ2n) is 9.72. The molecule has 136 valence electrons.